The molecule has 1 fully saturated rings. The number of benzene rings is 1. The molecule has 0 spiro atoms. The minimum atomic E-state index is -3.14. The Balaban J connectivity index is 1.65. The molecule has 0 amide bonds. The Labute approximate surface area is 126 Å². The van der Waals surface area contributed by atoms with Crippen LogP contribution in [0.5, 0.6) is 0 Å². The van der Waals surface area contributed by atoms with Gasteiger partial charge in [-0.15, -0.1) is 0 Å². The van der Waals surface area contributed by atoms with Crippen LogP contribution in [0.15, 0.2) is 29.2 Å². The molecule has 5 nitrogen and oxygen atoms in total. The van der Waals surface area contributed by atoms with E-state index in [1.807, 2.05) is 0 Å². The topological polar surface area (TPSA) is 75.6 Å². The highest BCUT2D eigenvalue weighted by molar-refractivity contribution is 7.90. The molecule has 0 aliphatic heterocycles. The molecular weight excluding hydrogens is 290 g/mol. The van der Waals surface area contributed by atoms with Crippen molar-refractivity contribution in [2.45, 2.75) is 30.4 Å². The molecule has 0 saturated heterocycles. The predicted molar refractivity (Wildman–Crippen MR) is 80.8 cm³/mol. The van der Waals surface area contributed by atoms with Gasteiger partial charge in [0.05, 0.1) is 17.6 Å². The first-order valence-electron chi connectivity index (χ1n) is 7.20. The third kappa shape index (κ3) is 6.13. The Morgan fingerprint density at radius 2 is 2.00 bits per heavy atom. The van der Waals surface area contributed by atoms with E-state index >= 15 is 0 Å². The fourth-order valence-electron chi connectivity index (χ4n) is 1.95. The van der Waals surface area contributed by atoms with Crippen LogP contribution in [0.1, 0.15) is 18.4 Å². The number of rotatable bonds is 9. The lowest BCUT2D eigenvalue weighted by atomic mass is 10.2. The van der Waals surface area contributed by atoms with Crippen LogP contribution in [-0.4, -0.2) is 45.6 Å². The molecule has 0 aromatic heterocycles. The summed E-state index contributed by atoms with van der Waals surface area (Å²) in [5, 5.41) is 12.9. The number of aliphatic hydroxyl groups excluding tert-OH is 1. The summed E-state index contributed by atoms with van der Waals surface area (Å²) in [4.78, 5) is 0.319. The molecular formula is C15H23NO4S. The van der Waals surface area contributed by atoms with Crippen LogP contribution in [0.4, 0.5) is 0 Å². The van der Waals surface area contributed by atoms with Crippen LogP contribution in [0.2, 0.25) is 0 Å². The maximum Gasteiger partial charge on any atom is 0.175 e. The summed E-state index contributed by atoms with van der Waals surface area (Å²) in [6.45, 7) is 2.16. The van der Waals surface area contributed by atoms with Gasteiger partial charge in [-0.05, 0) is 36.5 Å². The van der Waals surface area contributed by atoms with Crippen molar-refractivity contribution in [2.75, 3.05) is 26.0 Å². The van der Waals surface area contributed by atoms with Gasteiger partial charge in [0.2, 0.25) is 0 Å². The third-order valence-electron chi connectivity index (χ3n) is 3.42. The van der Waals surface area contributed by atoms with E-state index in [9.17, 15) is 13.5 Å². The maximum absolute atomic E-state index is 11.3. The van der Waals surface area contributed by atoms with Crippen molar-refractivity contribution >= 4 is 9.84 Å². The first kappa shape index (κ1) is 16.4. The highest BCUT2D eigenvalue weighted by Gasteiger charge is 2.21. The minimum absolute atomic E-state index is 0.319. The zero-order valence-electron chi connectivity index (χ0n) is 12.3. The van der Waals surface area contributed by atoms with Crippen LogP contribution in [-0.2, 0) is 21.1 Å². The smallest absolute Gasteiger partial charge is 0.175 e. The van der Waals surface area contributed by atoms with Gasteiger partial charge in [-0.2, -0.15) is 0 Å². The Kier molecular flexibility index (Phi) is 5.75. The lowest BCUT2D eigenvalue weighted by Crippen LogP contribution is -2.30. The zero-order chi connectivity index (χ0) is 15.3. The lowest BCUT2D eigenvalue weighted by molar-refractivity contribution is 0.0324. The average Bonchev–Trinajstić information content (AvgIpc) is 3.22. The molecule has 21 heavy (non-hydrogen) atoms. The second-order valence-corrected chi connectivity index (χ2v) is 7.70. The van der Waals surface area contributed by atoms with E-state index in [0.29, 0.717) is 30.5 Å². The summed E-state index contributed by atoms with van der Waals surface area (Å²) < 4.78 is 28.1. The zero-order valence-corrected chi connectivity index (χ0v) is 13.1. The van der Waals surface area contributed by atoms with Crippen LogP contribution in [0, 0.1) is 5.92 Å². The molecule has 0 bridgehead atoms. The number of sulfone groups is 1. The number of nitrogens with one attached hydrogen (secondary N) is 1. The molecule has 0 radical (unpaired) electrons. The van der Waals surface area contributed by atoms with Crippen molar-refractivity contribution in [1.82, 2.24) is 5.32 Å². The van der Waals surface area contributed by atoms with Crippen molar-refractivity contribution in [2.24, 2.45) is 5.92 Å². The average molecular weight is 313 g/mol. The Hall–Kier alpha value is -0.950. The molecule has 118 valence electrons. The molecule has 1 aromatic rings. The molecule has 1 aliphatic carbocycles. The number of hydrogen-bond acceptors (Lipinski definition) is 5. The maximum atomic E-state index is 11.3. The summed E-state index contributed by atoms with van der Waals surface area (Å²) in [7, 11) is -3.14. The molecule has 6 heteroatoms. The van der Waals surface area contributed by atoms with Crippen molar-refractivity contribution in [3.63, 3.8) is 0 Å². The standard InChI is InChI=1S/C15H23NO4S/c1-21(18,19)15-6-4-12(5-7-15)8-16-9-14(17)11-20-10-13-2-3-13/h4-7,13-14,16-17H,2-3,8-11H2,1H3. The highest BCUT2D eigenvalue weighted by Crippen LogP contribution is 2.28. The quantitative estimate of drug-likeness (QED) is 0.710. The highest BCUT2D eigenvalue weighted by atomic mass is 32.2. The van der Waals surface area contributed by atoms with Crippen LogP contribution in [0.25, 0.3) is 0 Å². The Morgan fingerprint density at radius 1 is 1.33 bits per heavy atom. The Morgan fingerprint density at radius 3 is 2.57 bits per heavy atom. The summed E-state index contributed by atoms with van der Waals surface area (Å²) in [5.41, 5.74) is 0.980. The third-order valence-corrected chi connectivity index (χ3v) is 4.55. The molecule has 1 unspecified atom stereocenters. The van der Waals surface area contributed by atoms with Gasteiger partial charge in [0.25, 0.3) is 0 Å². The monoisotopic (exact) mass is 313 g/mol. The summed E-state index contributed by atoms with van der Waals surface area (Å²) in [6, 6.07) is 6.75. The largest absolute Gasteiger partial charge is 0.389 e. The second-order valence-electron chi connectivity index (χ2n) is 5.68. The van der Waals surface area contributed by atoms with E-state index in [-0.39, 0.29) is 0 Å². The van der Waals surface area contributed by atoms with Crippen molar-refractivity contribution in [3.8, 4) is 0 Å². The van der Waals surface area contributed by atoms with Crippen LogP contribution in [0.3, 0.4) is 0 Å². The fourth-order valence-corrected chi connectivity index (χ4v) is 2.58. The van der Waals surface area contributed by atoms with Crippen LogP contribution < -0.4 is 5.32 Å². The molecule has 2 N–H and O–H groups in total. The molecule has 1 atom stereocenters. The first-order chi connectivity index (χ1) is 9.95. The fraction of sp³-hybridized carbons (Fsp3) is 0.600. The van der Waals surface area contributed by atoms with Gasteiger partial charge in [0.1, 0.15) is 0 Å². The number of aliphatic hydroxyl groups is 1. The Bertz CT molecular complexity index is 537. The van der Waals surface area contributed by atoms with Gasteiger partial charge in [0, 0.05) is 26.0 Å². The lowest BCUT2D eigenvalue weighted by Gasteiger charge is -2.12. The SMILES string of the molecule is CS(=O)(=O)c1ccc(CNCC(O)COCC2CC2)cc1. The van der Waals surface area contributed by atoms with E-state index in [1.54, 1.807) is 24.3 Å². The van der Waals surface area contributed by atoms with Crippen LogP contribution >= 0.6 is 0 Å². The van der Waals surface area contributed by atoms with E-state index in [4.69, 9.17) is 4.74 Å². The van der Waals surface area contributed by atoms with Gasteiger partial charge in [-0.1, -0.05) is 12.1 Å². The van der Waals surface area contributed by atoms with E-state index in [0.717, 1.165) is 12.2 Å². The predicted octanol–water partition coefficient (Wildman–Crippen LogP) is 0.967. The van der Waals surface area contributed by atoms with Crippen molar-refractivity contribution < 1.29 is 18.3 Å². The summed E-state index contributed by atoms with van der Waals surface area (Å²) in [6.07, 6.45) is 3.17. The summed E-state index contributed by atoms with van der Waals surface area (Å²) in [5.74, 6) is 0.707. The number of ether oxygens (including phenoxy) is 1. The van der Waals surface area contributed by atoms with Gasteiger partial charge in [-0.3, -0.25) is 0 Å². The van der Waals surface area contributed by atoms with E-state index in [1.165, 1.54) is 19.1 Å². The van der Waals surface area contributed by atoms with Gasteiger partial charge in [-0.25, -0.2) is 8.42 Å². The molecule has 2 rings (SSSR count). The van der Waals surface area contributed by atoms with Gasteiger partial charge >= 0.3 is 0 Å². The van der Waals surface area contributed by atoms with E-state index < -0.39 is 15.9 Å². The van der Waals surface area contributed by atoms with E-state index in [2.05, 4.69) is 5.32 Å². The van der Waals surface area contributed by atoms with Crippen molar-refractivity contribution in [1.29, 1.82) is 0 Å². The second kappa shape index (κ2) is 7.35. The minimum Gasteiger partial charge on any atom is -0.389 e. The van der Waals surface area contributed by atoms with Gasteiger partial charge < -0.3 is 15.2 Å². The van der Waals surface area contributed by atoms with Gasteiger partial charge in [0.15, 0.2) is 9.84 Å². The number of hydrogen-bond donors (Lipinski definition) is 2. The first-order valence-corrected chi connectivity index (χ1v) is 9.10. The molecule has 0 heterocycles. The molecule has 1 aliphatic rings. The molecule has 1 saturated carbocycles. The van der Waals surface area contributed by atoms with Crippen molar-refractivity contribution in [3.05, 3.63) is 29.8 Å². The summed E-state index contributed by atoms with van der Waals surface area (Å²) >= 11 is 0. The normalized spacial score (nSPS) is 16.9. The molecule has 1 aromatic carbocycles.